The van der Waals surface area contributed by atoms with Crippen molar-refractivity contribution in [1.82, 2.24) is 0 Å². The molecule has 0 fully saturated rings. The molecule has 0 rings (SSSR count). The Kier molecular flexibility index (Phi) is 8.25. The number of hydrogen-bond acceptors (Lipinski definition) is 2. The third kappa shape index (κ3) is 10.9. The minimum atomic E-state index is -0.789. The maximum absolute atomic E-state index is 10.1. The van der Waals surface area contributed by atoms with Gasteiger partial charge < -0.3 is 10.8 Å². The summed E-state index contributed by atoms with van der Waals surface area (Å²) in [6, 6.07) is 0. The van der Waals surface area contributed by atoms with Gasteiger partial charge in [0.05, 0.1) is 6.42 Å². The number of allylic oxidation sites excluding steroid dienone is 3. The van der Waals surface area contributed by atoms with E-state index in [0.717, 1.165) is 25.8 Å². The van der Waals surface area contributed by atoms with Gasteiger partial charge >= 0.3 is 5.97 Å². The van der Waals surface area contributed by atoms with Gasteiger partial charge in [0.15, 0.2) is 0 Å². The number of unbranched alkanes of at least 4 members (excludes halogenated alkanes) is 1. The first-order valence-electron chi connectivity index (χ1n) is 4.49. The maximum Gasteiger partial charge on any atom is 0.307 e. The van der Waals surface area contributed by atoms with Crippen LogP contribution in [0.15, 0.2) is 24.3 Å². The number of carbonyl (C=O) groups is 1. The minimum absolute atomic E-state index is 0.108. The molecule has 0 aliphatic rings. The van der Waals surface area contributed by atoms with Gasteiger partial charge in [0.25, 0.3) is 0 Å². The molecule has 0 aromatic carbocycles. The topological polar surface area (TPSA) is 63.3 Å². The van der Waals surface area contributed by atoms with Crippen molar-refractivity contribution in [2.45, 2.75) is 25.7 Å². The molecule has 0 aromatic rings. The molecule has 3 heteroatoms. The second-order valence-electron chi connectivity index (χ2n) is 2.71. The first-order valence-corrected chi connectivity index (χ1v) is 4.49. The Morgan fingerprint density at radius 2 is 1.92 bits per heavy atom. The van der Waals surface area contributed by atoms with E-state index in [0.29, 0.717) is 0 Å². The van der Waals surface area contributed by atoms with Gasteiger partial charge in [0.1, 0.15) is 0 Å². The van der Waals surface area contributed by atoms with Crippen LogP contribution >= 0.6 is 0 Å². The standard InChI is InChI=1S/C10H17NO2/c11-9-7-5-3-1-2-4-6-8-10(12)13/h1,3-4,6H,2,5,7-9,11H2,(H,12,13)/b3-1+,6-4+. The zero-order valence-electron chi connectivity index (χ0n) is 7.78. The van der Waals surface area contributed by atoms with E-state index in [1.807, 2.05) is 12.2 Å². The van der Waals surface area contributed by atoms with E-state index in [1.54, 1.807) is 6.08 Å². The Labute approximate surface area is 78.9 Å². The molecule has 0 atom stereocenters. The van der Waals surface area contributed by atoms with Crippen molar-refractivity contribution in [3.05, 3.63) is 24.3 Å². The predicted octanol–water partition coefficient (Wildman–Crippen LogP) is 1.70. The molecular formula is C10H17NO2. The number of hydrogen-bond donors (Lipinski definition) is 2. The Bertz CT molecular complexity index is 185. The van der Waals surface area contributed by atoms with Crippen LogP contribution in [0.2, 0.25) is 0 Å². The zero-order chi connectivity index (χ0) is 9.94. The monoisotopic (exact) mass is 183 g/mol. The van der Waals surface area contributed by atoms with Crippen LogP contribution in [0, 0.1) is 0 Å². The molecular weight excluding hydrogens is 166 g/mol. The largest absolute Gasteiger partial charge is 0.481 e. The Hall–Kier alpha value is -1.09. The fourth-order valence-corrected chi connectivity index (χ4v) is 0.809. The van der Waals surface area contributed by atoms with E-state index in [-0.39, 0.29) is 6.42 Å². The lowest BCUT2D eigenvalue weighted by Gasteiger charge is -1.87. The summed E-state index contributed by atoms with van der Waals surface area (Å²) in [5, 5.41) is 8.30. The van der Waals surface area contributed by atoms with Crippen molar-refractivity contribution in [2.24, 2.45) is 5.73 Å². The van der Waals surface area contributed by atoms with E-state index in [4.69, 9.17) is 10.8 Å². The van der Waals surface area contributed by atoms with Crippen LogP contribution in [0.3, 0.4) is 0 Å². The lowest BCUT2D eigenvalue weighted by Crippen LogP contribution is -1.96. The molecule has 0 aromatic heterocycles. The van der Waals surface area contributed by atoms with Crippen molar-refractivity contribution in [3.63, 3.8) is 0 Å². The van der Waals surface area contributed by atoms with Crippen molar-refractivity contribution < 1.29 is 9.90 Å². The third-order valence-electron chi connectivity index (χ3n) is 1.47. The van der Waals surface area contributed by atoms with Gasteiger partial charge in [0.2, 0.25) is 0 Å². The van der Waals surface area contributed by atoms with Gasteiger partial charge in [0, 0.05) is 0 Å². The number of carboxylic acids is 1. The highest BCUT2D eigenvalue weighted by molar-refractivity contribution is 5.68. The molecule has 3 nitrogen and oxygen atoms in total. The van der Waals surface area contributed by atoms with Gasteiger partial charge in [-0.05, 0) is 25.8 Å². The summed E-state index contributed by atoms with van der Waals surface area (Å²) in [5.41, 5.74) is 5.31. The van der Waals surface area contributed by atoms with Crippen LogP contribution in [0.1, 0.15) is 25.7 Å². The molecule has 0 spiro atoms. The van der Waals surface area contributed by atoms with Gasteiger partial charge in [-0.25, -0.2) is 0 Å². The number of nitrogens with two attached hydrogens (primary N) is 1. The van der Waals surface area contributed by atoms with Gasteiger partial charge in [-0.2, -0.15) is 0 Å². The lowest BCUT2D eigenvalue weighted by atomic mass is 10.2. The summed E-state index contributed by atoms with van der Waals surface area (Å²) < 4.78 is 0. The Morgan fingerprint density at radius 3 is 2.54 bits per heavy atom. The smallest absolute Gasteiger partial charge is 0.307 e. The first kappa shape index (κ1) is 11.9. The fourth-order valence-electron chi connectivity index (χ4n) is 0.809. The summed E-state index contributed by atoms with van der Waals surface area (Å²) in [5.74, 6) is -0.789. The summed E-state index contributed by atoms with van der Waals surface area (Å²) in [6.45, 7) is 0.721. The molecule has 3 N–H and O–H groups in total. The lowest BCUT2D eigenvalue weighted by molar-refractivity contribution is -0.136. The molecule has 0 saturated carbocycles. The van der Waals surface area contributed by atoms with Crippen LogP contribution in [-0.4, -0.2) is 17.6 Å². The molecule has 0 heterocycles. The van der Waals surface area contributed by atoms with Crippen LogP contribution in [0.5, 0.6) is 0 Å². The molecule has 0 bridgehead atoms. The quantitative estimate of drug-likeness (QED) is 0.466. The molecule has 0 amide bonds. The number of carboxylic acid groups (broad SMARTS) is 1. The van der Waals surface area contributed by atoms with E-state index in [2.05, 4.69) is 6.08 Å². The first-order chi connectivity index (χ1) is 6.27. The van der Waals surface area contributed by atoms with E-state index in [9.17, 15) is 4.79 Å². The molecule has 0 radical (unpaired) electrons. The molecule has 0 unspecified atom stereocenters. The number of rotatable bonds is 7. The van der Waals surface area contributed by atoms with Crippen molar-refractivity contribution in [3.8, 4) is 0 Å². The second kappa shape index (κ2) is 9.00. The molecule has 0 saturated heterocycles. The average molecular weight is 183 g/mol. The second-order valence-corrected chi connectivity index (χ2v) is 2.71. The van der Waals surface area contributed by atoms with E-state index in [1.165, 1.54) is 0 Å². The highest BCUT2D eigenvalue weighted by Crippen LogP contribution is 1.93. The van der Waals surface area contributed by atoms with Gasteiger partial charge in [-0.1, -0.05) is 24.3 Å². The summed E-state index contributed by atoms with van der Waals surface area (Å²) in [6.07, 6.45) is 10.5. The maximum atomic E-state index is 10.1. The van der Waals surface area contributed by atoms with E-state index < -0.39 is 5.97 Å². The van der Waals surface area contributed by atoms with Crippen molar-refractivity contribution in [1.29, 1.82) is 0 Å². The summed E-state index contributed by atoms with van der Waals surface area (Å²) in [4.78, 5) is 10.1. The Balaban J connectivity index is 3.28. The molecule has 0 aliphatic heterocycles. The van der Waals surface area contributed by atoms with Crippen LogP contribution < -0.4 is 5.73 Å². The van der Waals surface area contributed by atoms with Crippen molar-refractivity contribution in [2.75, 3.05) is 6.54 Å². The van der Waals surface area contributed by atoms with Crippen molar-refractivity contribution >= 4 is 5.97 Å². The van der Waals surface area contributed by atoms with Crippen LogP contribution in [0.25, 0.3) is 0 Å². The Morgan fingerprint density at radius 1 is 1.23 bits per heavy atom. The SMILES string of the molecule is NCCC/C=C/C/C=C/CC(=O)O. The molecule has 13 heavy (non-hydrogen) atoms. The minimum Gasteiger partial charge on any atom is -0.481 e. The molecule has 74 valence electrons. The van der Waals surface area contributed by atoms with Gasteiger partial charge in [-0.15, -0.1) is 0 Å². The van der Waals surface area contributed by atoms with Crippen LogP contribution in [0.4, 0.5) is 0 Å². The molecule has 0 aliphatic carbocycles. The highest BCUT2D eigenvalue weighted by Gasteiger charge is 1.87. The predicted molar refractivity (Wildman–Crippen MR) is 53.4 cm³/mol. The van der Waals surface area contributed by atoms with E-state index >= 15 is 0 Å². The number of aliphatic carboxylic acids is 1. The average Bonchev–Trinajstić information content (AvgIpc) is 2.09. The summed E-state index contributed by atoms with van der Waals surface area (Å²) >= 11 is 0. The zero-order valence-corrected chi connectivity index (χ0v) is 7.78. The highest BCUT2D eigenvalue weighted by atomic mass is 16.4. The third-order valence-corrected chi connectivity index (χ3v) is 1.47. The fraction of sp³-hybridized carbons (Fsp3) is 0.500. The normalized spacial score (nSPS) is 11.5. The summed E-state index contributed by atoms with van der Waals surface area (Å²) in [7, 11) is 0. The van der Waals surface area contributed by atoms with Crippen LogP contribution in [-0.2, 0) is 4.79 Å². The van der Waals surface area contributed by atoms with Gasteiger partial charge in [-0.3, -0.25) is 4.79 Å².